The van der Waals surface area contributed by atoms with Crippen LogP contribution >= 0.6 is 0 Å². The van der Waals surface area contributed by atoms with E-state index in [4.69, 9.17) is 18.6 Å². The molecule has 2 bridgehead atoms. The molecule has 2 aliphatic rings. The fraction of sp³-hybridized carbons (Fsp3) is 0.462. The van der Waals surface area contributed by atoms with Gasteiger partial charge in [0.05, 0.1) is 27.9 Å². The molecule has 2 aromatic carbocycles. The van der Waals surface area contributed by atoms with Crippen LogP contribution in [-0.2, 0) is 6.54 Å². The van der Waals surface area contributed by atoms with Crippen LogP contribution in [0.5, 0.6) is 17.2 Å². The molecule has 2 aliphatic heterocycles. The number of piperidine rings is 2. The number of rotatable bonds is 7. The number of hydrogen-bond acceptors (Lipinski definition) is 7. The molecule has 1 unspecified atom stereocenters. The normalized spacial score (nSPS) is 22.4. The van der Waals surface area contributed by atoms with Crippen LogP contribution in [0.4, 0.5) is 0 Å². The van der Waals surface area contributed by atoms with Crippen molar-refractivity contribution in [3.05, 3.63) is 47.9 Å². The summed E-state index contributed by atoms with van der Waals surface area (Å²) >= 11 is 0. The molecule has 0 spiro atoms. The highest BCUT2D eigenvalue weighted by molar-refractivity contribution is 5.95. The van der Waals surface area contributed by atoms with Crippen molar-refractivity contribution in [2.75, 3.05) is 21.3 Å². The summed E-state index contributed by atoms with van der Waals surface area (Å²) in [6.45, 7) is 0.706. The van der Waals surface area contributed by atoms with Crippen LogP contribution in [0.15, 0.2) is 40.8 Å². The predicted octanol–water partition coefficient (Wildman–Crippen LogP) is 4.17. The number of hydrogen-bond donors (Lipinski definition) is 1. The molecular weight excluding hydrogens is 434 g/mol. The van der Waals surface area contributed by atoms with E-state index in [1.807, 2.05) is 24.3 Å². The lowest BCUT2D eigenvalue weighted by Crippen LogP contribution is -2.56. The maximum atomic E-state index is 13.1. The van der Waals surface area contributed by atoms with Gasteiger partial charge in [-0.05, 0) is 49.9 Å². The highest BCUT2D eigenvalue weighted by atomic mass is 16.5. The molecule has 1 N–H and O–H groups in total. The average Bonchev–Trinajstić information content (AvgIpc) is 3.25. The number of methoxy groups -OCH3 is 3. The van der Waals surface area contributed by atoms with Gasteiger partial charge in [-0.2, -0.15) is 0 Å². The van der Waals surface area contributed by atoms with Gasteiger partial charge >= 0.3 is 0 Å². The Morgan fingerprint density at radius 2 is 1.74 bits per heavy atom. The molecule has 3 aromatic rings. The summed E-state index contributed by atoms with van der Waals surface area (Å²) < 4.78 is 22.2. The third-order valence-electron chi connectivity index (χ3n) is 7.04. The van der Waals surface area contributed by atoms with Crippen LogP contribution in [-0.4, -0.2) is 55.2 Å². The lowest BCUT2D eigenvalue weighted by Gasteiger charge is -2.48. The summed E-state index contributed by atoms with van der Waals surface area (Å²) in [6.07, 6.45) is 5.27. The maximum absolute atomic E-state index is 13.1. The van der Waals surface area contributed by atoms with Crippen molar-refractivity contribution >= 4 is 17.0 Å². The van der Waals surface area contributed by atoms with E-state index in [-0.39, 0.29) is 11.9 Å². The quantitative estimate of drug-likeness (QED) is 0.560. The minimum Gasteiger partial charge on any atom is -0.493 e. The molecule has 8 heteroatoms. The molecule has 1 amide bonds. The van der Waals surface area contributed by atoms with E-state index in [2.05, 4.69) is 15.2 Å². The number of aromatic nitrogens is 1. The highest BCUT2D eigenvalue weighted by Crippen LogP contribution is 2.39. The van der Waals surface area contributed by atoms with E-state index >= 15 is 0 Å². The van der Waals surface area contributed by atoms with E-state index in [9.17, 15) is 4.79 Å². The number of oxazole rings is 1. The van der Waals surface area contributed by atoms with Gasteiger partial charge in [0.1, 0.15) is 5.52 Å². The van der Waals surface area contributed by atoms with Crippen LogP contribution in [0.25, 0.3) is 11.1 Å². The van der Waals surface area contributed by atoms with Crippen LogP contribution in [0.3, 0.4) is 0 Å². The first kappa shape index (κ1) is 22.5. The van der Waals surface area contributed by atoms with Gasteiger partial charge in [0.2, 0.25) is 11.6 Å². The van der Waals surface area contributed by atoms with Gasteiger partial charge in [0.25, 0.3) is 5.91 Å². The number of fused-ring (bicyclic) bond motifs is 3. The maximum Gasteiger partial charge on any atom is 0.251 e. The Morgan fingerprint density at radius 3 is 2.35 bits per heavy atom. The molecule has 0 saturated carbocycles. The monoisotopic (exact) mass is 465 g/mol. The minimum absolute atomic E-state index is 0.113. The Hall–Kier alpha value is -3.26. The van der Waals surface area contributed by atoms with Crippen LogP contribution in [0, 0.1) is 0 Å². The first-order valence-electron chi connectivity index (χ1n) is 11.8. The zero-order chi connectivity index (χ0) is 23.7. The Kier molecular flexibility index (Phi) is 6.32. The molecule has 1 aromatic heterocycles. The fourth-order valence-corrected chi connectivity index (χ4v) is 5.48. The summed E-state index contributed by atoms with van der Waals surface area (Å²) in [5.74, 6) is 2.05. The van der Waals surface area contributed by atoms with Crippen molar-refractivity contribution < 1.29 is 23.4 Å². The van der Waals surface area contributed by atoms with Gasteiger partial charge in [-0.1, -0.05) is 18.6 Å². The second-order valence-electron chi connectivity index (χ2n) is 9.04. The molecule has 180 valence electrons. The van der Waals surface area contributed by atoms with Crippen molar-refractivity contribution in [2.45, 2.75) is 56.8 Å². The highest BCUT2D eigenvalue weighted by Gasteiger charge is 2.39. The molecule has 2 fully saturated rings. The summed E-state index contributed by atoms with van der Waals surface area (Å²) in [4.78, 5) is 20.3. The first-order chi connectivity index (χ1) is 16.6. The number of benzene rings is 2. The smallest absolute Gasteiger partial charge is 0.251 e. The Bertz CT molecular complexity index is 1100. The predicted molar refractivity (Wildman–Crippen MR) is 128 cm³/mol. The van der Waals surface area contributed by atoms with E-state index in [1.165, 1.54) is 6.42 Å². The van der Waals surface area contributed by atoms with Gasteiger partial charge in [-0.3, -0.25) is 9.69 Å². The fourth-order valence-electron chi connectivity index (χ4n) is 5.48. The standard InChI is InChI=1S/C26H31N3O5/c1-31-22-11-16(12-23(32-2)25(22)33-3)26(30)27-17-13-18-7-6-8-19(14-17)29(18)15-24-28-20-9-4-5-10-21(20)34-24/h4-5,9-12,17-19H,6-8,13-15H2,1-3H3,(H,27,30)/t17?,18-,19+. The molecule has 0 aliphatic carbocycles. The van der Waals surface area contributed by atoms with Crippen molar-refractivity contribution in [3.8, 4) is 17.2 Å². The number of nitrogens with zero attached hydrogens (tertiary/aromatic N) is 2. The van der Waals surface area contributed by atoms with Crippen LogP contribution in [0.2, 0.25) is 0 Å². The Labute approximate surface area is 199 Å². The Balaban J connectivity index is 1.28. The number of ether oxygens (including phenoxy) is 3. The molecule has 0 radical (unpaired) electrons. The molecule has 8 nitrogen and oxygen atoms in total. The third-order valence-corrected chi connectivity index (χ3v) is 7.04. The molecule has 34 heavy (non-hydrogen) atoms. The van der Waals surface area contributed by atoms with Crippen molar-refractivity contribution in [1.29, 1.82) is 0 Å². The van der Waals surface area contributed by atoms with Crippen LogP contribution < -0.4 is 19.5 Å². The summed E-state index contributed by atoms with van der Waals surface area (Å²) in [7, 11) is 4.65. The first-order valence-corrected chi connectivity index (χ1v) is 11.8. The minimum atomic E-state index is -0.130. The summed E-state index contributed by atoms with van der Waals surface area (Å²) in [6, 6.07) is 12.2. The lowest BCUT2D eigenvalue weighted by atomic mass is 9.81. The van der Waals surface area contributed by atoms with Crippen molar-refractivity contribution in [2.24, 2.45) is 0 Å². The largest absolute Gasteiger partial charge is 0.493 e. The Morgan fingerprint density at radius 1 is 1.06 bits per heavy atom. The number of para-hydroxylation sites is 2. The molecule has 5 rings (SSSR count). The van der Waals surface area contributed by atoms with Gasteiger partial charge in [-0.15, -0.1) is 0 Å². The number of nitrogens with one attached hydrogen (secondary N) is 1. The third kappa shape index (κ3) is 4.30. The zero-order valence-corrected chi connectivity index (χ0v) is 19.9. The molecule has 3 heterocycles. The van der Waals surface area contributed by atoms with E-state index in [0.717, 1.165) is 42.7 Å². The van der Waals surface area contributed by atoms with Gasteiger partial charge in [-0.25, -0.2) is 4.98 Å². The zero-order valence-electron chi connectivity index (χ0n) is 19.9. The van der Waals surface area contributed by atoms with Crippen molar-refractivity contribution in [3.63, 3.8) is 0 Å². The van der Waals surface area contributed by atoms with E-state index < -0.39 is 0 Å². The average molecular weight is 466 g/mol. The van der Waals surface area contributed by atoms with Crippen LogP contribution in [0.1, 0.15) is 48.4 Å². The molecule has 2 saturated heterocycles. The lowest BCUT2D eigenvalue weighted by molar-refractivity contribution is 0.0121. The van der Waals surface area contributed by atoms with Gasteiger partial charge in [0.15, 0.2) is 17.1 Å². The number of carbonyl (C=O) groups is 1. The topological polar surface area (TPSA) is 86.1 Å². The summed E-state index contributed by atoms with van der Waals surface area (Å²) in [5, 5.41) is 3.25. The molecule has 3 atom stereocenters. The van der Waals surface area contributed by atoms with Crippen molar-refractivity contribution in [1.82, 2.24) is 15.2 Å². The second kappa shape index (κ2) is 9.54. The van der Waals surface area contributed by atoms with Gasteiger partial charge in [0, 0.05) is 23.7 Å². The number of carbonyl (C=O) groups excluding carboxylic acids is 1. The SMILES string of the molecule is COc1cc(C(=O)NC2C[C@H]3CCC[C@@H](C2)N3Cc2nc3ccccc3o2)cc(OC)c1OC. The number of amides is 1. The second-order valence-corrected chi connectivity index (χ2v) is 9.04. The van der Waals surface area contributed by atoms with E-state index in [0.29, 0.717) is 41.4 Å². The molecular formula is C26H31N3O5. The summed E-state index contributed by atoms with van der Waals surface area (Å²) in [5.41, 5.74) is 2.22. The van der Waals surface area contributed by atoms with Gasteiger partial charge < -0.3 is 23.9 Å². The van der Waals surface area contributed by atoms with E-state index in [1.54, 1.807) is 33.5 Å².